The number of pyridine rings is 1. The quantitative estimate of drug-likeness (QED) is 0.416. The van der Waals surface area contributed by atoms with Gasteiger partial charge in [-0.1, -0.05) is 6.08 Å². The number of nitrogen functional groups attached to an aromatic ring is 1. The zero-order chi connectivity index (χ0) is 19.8. The number of aryl methyl sites for hydroxylation is 1. The van der Waals surface area contributed by atoms with Gasteiger partial charge in [0.1, 0.15) is 17.2 Å². The number of anilines is 3. The minimum absolute atomic E-state index is 0.171. The van der Waals surface area contributed by atoms with Gasteiger partial charge in [-0.3, -0.25) is 9.50 Å². The van der Waals surface area contributed by atoms with E-state index in [1.807, 2.05) is 16.7 Å². The molecule has 0 fully saturated rings. The highest BCUT2D eigenvalue weighted by Crippen LogP contribution is 2.31. The lowest BCUT2D eigenvalue weighted by atomic mass is 10.0. The molecule has 5 heterocycles. The van der Waals surface area contributed by atoms with Crippen LogP contribution in [-0.4, -0.2) is 47.6 Å². The number of hydrogen-bond donors (Lipinski definition) is 4. The average molecular weight is 388 g/mol. The highest BCUT2D eigenvalue weighted by Gasteiger charge is 2.19. The van der Waals surface area contributed by atoms with Crippen LogP contribution in [0.2, 0.25) is 0 Å². The molecule has 0 aliphatic carbocycles. The number of nitrogens with zero attached hydrogens (tertiary/aromatic N) is 6. The fraction of sp³-hybridized carbons (Fsp3) is 0.211. The molecule has 1 aliphatic rings. The molecule has 0 amide bonds. The van der Waals surface area contributed by atoms with Crippen LogP contribution in [0.3, 0.4) is 0 Å². The number of hydrogen-bond acceptors (Lipinski definition) is 8. The van der Waals surface area contributed by atoms with Gasteiger partial charge in [0.2, 0.25) is 5.95 Å². The molecule has 10 nitrogen and oxygen atoms in total. The number of aromatic amines is 1. The van der Waals surface area contributed by atoms with Crippen molar-refractivity contribution in [2.45, 2.75) is 13.3 Å². The predicted molar refractivity (Wildman–Crippen MR) is 110 cm³/mol. The van der Waals surface area contributed by atoms with Gasteiger partial charge in [-0.25, -0.2) is 9.97 Å². The number of rotatable bonds is 4. The Hall–Kier alpha value is -3.79. The molecule has 4 aromatic rings. The minimum atomic E-state index is 0.171. The first kappa shape index (κ1) is 17.3. The Bertz CT molecular complexity index is 1190. The number of imidazole rings is 1. The van der Waals surface area contributed by atoms with Crippen LogP contribution >= 0.6 is 0 Å². The number of fused-ring (bicyclic) bond motifs is 1. The maximum Gasteiger partial charge on any atom is 0.223 e. The second-order valence-corrected chi connectivity index (χ2v) is 6.79. The second kappa shape index (κ2) is 6.99. The van der Waals surface area contributed by atoms with Crippen molar-refractivity contribution in [2.24, 2.45) is 0 Å². The van der Waals surface area contributed by atoms with Crippen molar-refractivity contribution in [2.75, 3.05) is 24.1 Å². The van der Waals surface area contributed by atoms with Crippen LogP contribution in [0.1, 0.15) is 17.8 Å². The lowest BCUT2D eigenvalue weighted by Gasteiger charge is -2.14. The molecular weight excluding hydrogens is 368 g/mol. The summed E-state index contributed by atoms with van der Waals surface area (Å²) in [6, 6.07) is 5.99. The van der Waals surface area contributed by atoms with E-state index in [9.17, 15) is 0 Å². The van der Waals surface area contributed by atoms with E-state index in [0.717, 1.165) is 30.7 Å². The second-order valence-electron chi connectivity index (χ2n) is 6.79. The van der Waals surface area contributed by atoms with Gasteiger partial charge in [-0.05, 0) is 43.2 Å². The van der Waals surface area contributed by atoms with Crippen LogP contribution in [0.25, 0.3) is 22.7 Å². The van der Waals surface area contributed by atoms with Crippen LogP contribution in [0, 0.1) is 6.92 Å². The SMILES string of the molecule is Cc1nc(N)nc(-c2c(Nc3cc[nH]n3)nc3cc(C4=CCNCC4)ccn23)n1. The molecule has 0 saturated heterocycles. The molecule has 0 bridgehead atoms. The molecular formula is C19H20N10. The molecule has 0 spiro atoms. The highest BCUT2D eigenvalue weighted by molar-refractivity contribution is 5.78. The summed E-state index contributed by atoms with van der Waals surface area (Å²) >= 11 is 0. The average Bonchev–Trinajstić information content (AvgIpc) is 3.35. The van der Waals surface area contributed by atoms with Crippen molar-refractivity contribution in [1.82, 2.24) is 39.9 Å². The van der Waals surface area contributed by atoms with Crippen molar-refractivity contribution >= 4 is 28.8 Å². The van der Waals surface area contributed by atoms with Gasteiger partial charge in [-0.15, -0.1) is 0 Å². The van der Waals surface area contributed by atoms with Crippen molar-refractivity contribution < 1.29 is 0 Å². The fourth-order valence-corrected chi connectivity index (χ4v) is 3.49. The van der Waals surface area contributed by atoms with Gasteiger partial charge < -0.3 is 16.4 Å². The first-order valence-electron chi connectivity index (χ1n) is 9.35. The zero-order valence-electron chi connectivity index (χ0n) is 15.8. The van der Waals surface area contributed by atoms with Crippen LogP contribution in [0.5, 0.6) is 0 Å². The van der Waals surface area contributed by atoms with Gasteiger partial charge >= 0.3 is 0 Å². The lowest BCUT2D eigenvalue weighted by molar-refractivity contribution is 0.738. The van der Waals surface area contributed by atoms with E-state index in [2.05, 4.69) is 54.0 Å². The number of aromatic nitrogens is 7. The summed E-state index contributed by atoms with van der Waals surface area (Å²) in [7, 11) is 0. The Morgan fingerprint density at radius 1 is 1.17 bits per heavy atom. The predicted octanol–water partition coefficient (Wildman–Crippen LogP) is 1.92. The third-order valence-corrected chi connectivity index (χ3v) is 4.78. The summed E-state index contributed by atoms with van der Waals surface area (Å²) in [6.07, 6.45) is 6.94. The largest absolute Gasteiger partial charge is 0.368 e. The van der Waals surface area contributed by atoms with Crippen molar-refractivity contribution in [3.05, 3.63) is 48.1 Å². The van der Waals surface area contributed by atoms with E-state index < -0.39 is 0 Å². The van der Waals surface area contributed by atoms with Crippen LogP contribution in [-0.2, 0) is 0 Å². The molecule has 0 unspecified atom stereocenters. The summed E-state index contributed by atoms with van der Waals surface area (Å²) in [5, 5.41) is 13.5. The van der Waals surface area contributed by atoms with E-state index in [0.29, 0.717) is 29.0 Å². The van der Waals surface area contributed by atoms with E-state index in [1.165, 1.54) is 5.57 Å². The summed E-state index contributed by atoms with van der Waals surface area (Å²) < 4.78 is 1.95. The Morgan fingerprint density at radius 2 is 2.10 bits per heavy atom. The van der Waals surface area contributed by atoms with E-state index in [-0.39, 0.29) is 5.95 Å². The summed E-state index contributed by atoms with van der Waals surface area (Å²) in [6.45, 7) is 3.65. The molecule has 10 heteroatoms. The number of nitrogens with two attached hydrogens (primary N) is 1. The van der Waals surface area contributed by atoms with Gasteiger partial charge in [0.15, 0.2) is 17.5 Å². The molecule has 4 aromatic heterocycles. The minimum Gasteiger partial charge on any atom is -0.368 e. The fourth-order valence-electron chi connectivity index (χ4n) is 3.49. The molecule has 146 valence electrons. The monoisotopic (exact) mass is 388 g/mol. The summed E-state index contributed by atoms with van der Waals surface area (Å²) in [5.74, 6) is 2.41. The maximum atomic E-state index is 5.87. The first-order chi connectivity index (χ1) is 14.2. The van der Waals surface area contributed by atoms with Gasteiger partial charge in [-0.2, -0.15) is 15.1 Å². The first-order valence-corrected chi connectivity index (χ1v) is 9.35. The molecule has 0 saturated carbocycles. The molecule has 0 aromatic carbocycles. The molecule has 0 atom stereocenters. The van der Waals surface area contributed by atoms with Crippen molar-refractivity contribution in [3.63, 3.8) is 0 Å². The van der Waals surface area contributed by atoms with Gasteiger partial charge in [0, 0.05) is 25.0 Å². The normalized spacial score (nSPS) is 14.2. The van der Waals surface area contributed by atoms with Crippen LogP contribution < -0.4 is 16.4 Å². The third-order valence-electron chi connectivity index (χ3n) is 4.78. The highest BCUT2D eigenvalue weighted by atomic mass is 15.2. The molecule has 1 aliphatic heterocycles. The van der Waals surface area contributed by atoms with Gasteiger partial charge in [0.25, 0.3) is 0 Å². The Kier molecular flexibility index (Phi) is 4.17. The topological polar surface area (TPSA) is 135 Å². The third kappa shape index (κ3) is 3.29. The van der Waals surface area contributed by atoms with Crippen molar-refractivity contribution in [1.29, 1.82) is 0 Å². The van der Waals surface area contributed by atoms with Crippen LogP contribution in [0.4, 0.5) is 17.6 Å². The van der Waals surface area contributed by atoms with E-state index in [4.69, 9.17) is 10.7 Å². The molecule has 5 N–H and O–H groups in total. The lowest BCUT2D eigenvalue weighted by Crippen LogP contribution is -2.20. The Labute approximate surface area is 166 Å². The van der Waals surface area contributed by atoms with Crippen LogP contribution in [0.15, 0.2) is 36.7 Å². The smallest absolute Gasteiger partial charge is 0.223 e. The summed E-state index contributed by atoms with van der Waals surface area (Å²) in [5.41, 5.74) is 9.84. The molecule has 0 radical (unpaired) electrons. The Balaban J connectivity index is 1.68. The standard InChI is InChI=1S/C19H20N10/c1-11-23-17(27-19(20)24-11)16-18(25-14-4-8-22-28-14)26-15-10-13(5-9-29(15)16)12-2-6-21-7-3-12/h2,4-5,8-10,21H,3,6-7H2,1H3,(H2,22,25,28)(H2,20,23,24,27). The number of H-pyrrole nitrogens is 1. The van der Waals surface area contributed by atoms with E-state index >= 15 is 0 Å². The Morgan fingerprint density at radius 3 is 2.86 bits per heavy atom. The zero-order valence-corrected chi connectivity index (χ0v) is 15.8. The maximum absolute atomic E-state index is 5.87. The van der Waals surface area contributed by atoms with Crippen molar-refractivity contribution in [3.8, 4) is 11.5 Å². The van der Waals surface area contributed by atoms with E-state index in [1.54, 1.807) is 13.1 Å². The summed E-state index contributed by atoms with van der Waals surface area (Å²) in [4.78, 5) is 17.7. The molecule has 29 heavy (non-hydrogen) atoms. The number of nitrogens with one attached hydrogen (secondary N) is 3. The molecule has 5 rings (SSSR count). The van der Waals surface area contributed by atoms with Gasteiger partial charge in [0.05, 0.1) is 0 Å².